The van der Waals surface area contributed by atoms with Crippen molar-refractivity contribution in [1.29, 1.82) is 0 Å². The molecule has 198 valence electrons. The number of benzene rings is 2. The van der Waals surface area contributed by atoms with Gasteiger partial charge < -0.3 is 15.5 Å². The van der Waals surface area contributed by atoms with E-state index in [9.17, 15) is 9.59 Å². The number of para-hydroxylation sites is 1. The van der Waals surface area contributed by atoms with Crippen LogP contribution >= 0.6 is 11.8 Å². The molecular weight excluding hydrogens is 506 g/mol. The van der Waals surface area contributed by atoms with Crippen LogP contribution in [0.1, 0.15) is 55.8 Å². The third kappa shape index (κ3) is 5.96. The van der Waals surface area contributed by atoms with Gasteiger partial charge in [0.15, 0.2) is 5.17 Å². The molecule has 3 heterocycles. The first-order chi connectivity index (χ1) is 18.9. The number of hydrogen-bond donors (Lipinski definition) is 2. The first-order valence-electron chi connectivity index (χ1n) is 13.0. The van der Waals surface area contributed by atoms with Crippen LogP contribution in [0, 0.1) is 0 Å². The summed E-state index contributed by atoms with van der Waals surface area (Å²) in [6, 6.07) is 21.1. The van der Waals surface area contributed by atoms with Gasteiger partial charge in [-0.25, -0.2) is 4.99 Å². The Morgan fingerprint density at radius 1 is 1.00 bits per heavy atom. The number of hydrogen-bond acceptors (Lipinski definition) is 6. The summed E-state index contributed by atoms with van der Waals surface area (Å²) in [4.78, 5) is 37.6. The number of anilines is 1. The average molecular weight is 538 g/mol. The molecule has 0 unspecified atom stereocenters. The Morgan fingerprint density at radius 2 is 1.72 bits per heavy atom. The normalized spacial score (nSPS) is 16.5. The molecule has 2 aromatic carbocycles. The Morgan fingerprint density at radius 3 is 2.41 bits per heavy atom. The molecule has 1 atom stereocenters. The quantitative estimate of drug-likeness (QED) is 0.361. The van der Waals surface area contributed by atoms with Crippen LogP contribution in [0.15, 0.2) is 106 Å². The lowest BCUT2D eigenvalue weighted by atomic mass is 9.91. The van der Waals surface area contributed by atoms with Crippen LogP contribution in [0.25, 0.3) is 0 Å². The number of rotatable bonds is 8. The van der Waals surface area contributed by atoms with Gasteiger partial charge in [-0.15, -0.1) is 0 Å². The highest BCUT2D eigenvalue weighted by molar-refractivity contribution is 8.16. The lowest BCUT2D eigenvalue weighted by molar-refractivity contribution is -0.120. The zero-order valence-corrected chi connectivity index (χ0v) is 23.0. The maximum absolute atomic E-state index is 13.7. The van der Waals surface area contributed by atoms with Crippen molar-refractivity contribution in [3.8, 4) is 0 Å². The minimum atomic E-state index is -0.420. The second-order valence-corrected chi connectivity index (χ2v) is 10.7. The summed E-state index contributed by atoms with van der Waals surface area (Å²) in [5, 5.41) is 8.77. The van der Waals surface area contributed by atoms with E-state index in [2.05, 4.69) is 53.7 Å². The van der Waals surface area contributed by atoms with Gasteiger partial charge in [0.2, 0.25) is 5.91 Å². The van der Waals surface area contributed by atoms with Crippen molar-refractivity contribution in [3.05, 3.63) is 118 Å². The number of aliphatic imine (C=N–C) groups is 1. The van der Waals surface area contributed by atoms with Crippen molar-refractivity contribution in [3.63, 3.8) is 0 Å². The van der Waals surface area contributed by atoms with E-state index in [4.69, 9.17) is 4.99 Å². The van der Waals surface area contributed by atoms with Crippen LogP contribution < -0.4 is 10.6 Å². The Hall–Kier alpha value is -4.17. The van der Waals surface area contributed by atoms with Gasteiger partial charge in [-0.3, -0.25) is 14.6 Å². The van der Waals surface area contributed by atoms with Crippen molar-refractivity contribution >= 4 is 34.4 Å². The van der Waals surface area contributed by atoms with Crippen LogP contribution in [0.4, 0.5) is 5.69 Å². The van der Waals surface area contributed by atoms with Gasteiger partial charge in [-0.05, 0) is 59.2 Å². The number of amides is 2. The van der Waals surface area contributed by atoms with Gasteiger partial charge in [0.1, 0.15) is 0 Å². The average Bonchev–Trinajstić information content (AvgIpc) is 3.33. The number of nitrogens with zero attached hydrogens (tertiary/aromatic N) is 3. The summed E-state index contributed by atoms with van der Waals surface area (Å²) < 4.78 is 0. The lowest BCUT2D eigenvalue weighted by Gasteiger charge is -2.36. The molecule has 3 aromatic rings. The predicted molar refractivity (Wildman–Crippen MR) is 157 cm³/mol. The molecule has 0 radical (unpaired) electrons. The minimum Gasteiger partial charge on any atom is -0.352 e. The van der Waals surface area contributed by atoms with Gasteiger partial charge >= 0.3 is 0 Å². The molecule has 2 amide bonds. The molecule has 1 aromatic heterocycles. The molecule has 0 aliphatic carbocycles. The number of nitrogens with one attached hydrogen (secondary N) is 2. The summed E-state index contributed by atoms with van der Waals surface area (Å²) in [5.74, 6) is 0.0794. The van der Waals surface area contributed by atoms with Crippen LogP contribution in [0.3, 0.4) is 0 Å². The van der Waals surface area contributed by atoms with E-state index in [1.807, 2.05) is 59.7 Å². The molecule has 0 spiro atoms. The highest BCUT2D eigenvalue weighted by Crippen LogP contribution is 2.45. The predicted octanol–water partition coefficient (Wildman–Crippen LogP) is 6.13. The van der Waals surface area contributed by atoms with Crippen LogP contribution in [-0.4, -0.2) is 26.9 Å². The zero-order valence-electron chi connectivity index (χ0n) is 22.2. The van der Waals surface area contributed by atoms with Gasteiger partial charge in [0.25, 0.3) is 5.91 Å². The van der Waals surface area contributed by atoms with Crippen LogP contribution in [-0.2, 0) is 16.1 Å². The summed E-state index contributed by atoms with van der Waals surface area (Å²) in [5.41, 5.74) is 5.92. The van der Waals surface area contributed by atoms with E-state index in [-0.39, 0.29) is 18.2 Å². The molecule has 0 fully saturated rings. The number of carbonyl (C=O) groups is 2. The Balaban J connectivity index is 1.44. The molecule has 5 rings (SSSR count). The van der Waals surface area contributed by atoms with Crippen molar-refractivity contribution in [2.75, 3.05) is 5.32 Å². The number of aromatic nitrogens is 1. The fourth-order valence-electron chi connectivity index (χ4n) is 4.69. The number of carbonyl (C=O) groups excluding carboxylic acids is 2. The third-order valence-electron chi connectivity index (χ3n) is 6.78. The Bertz CT molecular complexity index is 1450. The number of allylic oxidation sites excluding steroid dienone is 1. The first-order valence-corrected chi connectivity index (χ1v) is 13.8. The van der Waals surface area contributed by atoms with Gasteiger partial charge in [-0.2, -0.15) is 0 Å². The maximum atomic E-state index is 13.7. The lowest BCUT2D eigenvalue weighted by Crippen LogP contribution is -2.38. The maximum Gasteiger partial charge on any atom is 0.255 e. The number of pyridine rings is 1. The fraction of sp³-hybridized carbons (Fsp3) is 0.226. The molecular formula is C31H31N5O2S. The second-order valence-electron chi connectivity index (χ2n) is 9.84. The highest BCUT2D eigenvalue weighted by atomic mass is 32.2. The smallest absolute Gasteiger partial charge is 0.255 e. The van der Waals surface area contributed by atoms with Crippen LogP contribution in [0.2, 0.25) is 0 Å². The first kappa shape index (κ1) is 26.4. The number of amidine groups is 1. The third-order valence-corrected chi connectivity index (χ3v) is 7.67. The molecule has 2 aliphatic heterocycles. The summed E-state index contributed by atoms with van der Waals surface area (Å²) >= 11 is 1.48. The van der Waals surface area contributed by atoms with E-state index >= 15 is 0 Å². The van der Waals surface area contributed by atoms with Crippen molar-refractivity contribution < 1.29 is 9.59 Å². The van der Waals surface area contributed by atoms with Gasteiger partial charge in [0.05, 0.1) is 23.7 Å². The summed E-state index contributed by atoms with van der Waals surface area (Å²) in [6.07, 6.45) is 3.59. The summed E-state index contributed by atoms with van der Waals surface area (Å²) in [6.45, 7) is 6.61. The van der Waals surface area contributed by atoms with Gasteiger partial charge in [0, 0.05) is 30.3 Å². The summed E-state index contributed by atoms with van der Waals surface area (Å²) in [7, 11) is 0. The number of fused-ring (bicyclic) bond motifs is 1. The topological polar surface area (TPSA) is 86.7 Å². The van der Waals surface area contributed by atoms with Crippen molar-refractivity contribution in [2.24, 2.45) is 4.99 Å². The SMILES string of the molecule is CC1=C(C(=O)Nc2ccccc2)[C@H](c2ccc(C(C)C)cc2)N2C(CC(=O)NCc3ccncc3)=CSC2=N1. The minimum absolute atomic E-state index is 0.101. The van der Waals surface area contributed by atoms with E-state index in [0.717, 1.165) is 22.0 Å². The Labute approximate surface area is 233 Å². The molecule has 0 saturated carbocycles. The second kappa shape index (κ2) is 11.7. The van der Waals surface area contributed by atoms with Gasteiger partial charge in [-0.1, -0.05) is 68.1 Å². The van der Waals surface area contributed by atoms with E-state index in [0.29, 0.717) is 29.4 Å². The standard InChI is InChI=1S/C31H31N5O2S/c1-20(2)23-9-11-24(12-10-23)29-28(30(38)35-25-7-5-4-6-8-25)21(3)34-31-36(29)26(19-39-31)17-27(37)33-18-22-13-15-32-16-14-22/h4-16,19-20,29H,17-18H2,1-3H3,(H,33,37)(H,35,38)/t29-/m0/s1. The van der Waals surface area contributed by atoms with Crippen molar-refractivity contribution in [1.82, 2.24) is 15.2 Å². The Kier molecular flexibility index (Phi) is 7.93. The zero-order chi connectivity index (χ0) is 27.4. The van der Waals surface area contributed by atoms with Crippen molar-refractivity contribution in [2.45, 2.75) is 45.7 Å². The molecule has 8 heteroatoms. The molecule has 39 heavy (non-hydrogen) atoms. The molecule has 0 saturated heterocycles. The largest absolute Gasteiger partial charge is 0.352 e. The van der Waals surface area contributed by atoms with Crippen LogP contribution in [0.5, 0.6) is 0 Å². The fourth-order valence-corrected chi connectivity index (χ4v) is 5.65. The van der Waals surface area contributed by atoms with E-state index in [1.54, 1.807) is 12.4 Å². The molecule has 7 nitrogen and oxygen atoms in total. The van der Waals surface area contributed by atoms with E-state index < -0.39 is 6.04 Å². The molecule has 2 aliphatic rings. The highest BCUT2D eigenvalue weighted by Gasteiger charge is 2.40. The number of thioether (sulfide) groups is 1. The molecule has 0 bridgehead atoms. The monoisotopic (exact) mass is 537 g/mol. The molecule has 2 N–H and O–H groups in total. The van der Waals surface area contributed by atoms with E-state index in [1.165, 1.54) is 17.3 Å².